The van der Waals surface area contributed by atoms with Crippen LogP contribution in [0.5, 0.6) is 0 Å². The molecule has 0 aromatic heterocycles. The van der Waals surface area contributed by atoms with Gasteiger partial charge in [-0.3, -0.25) is 37.3 Å². The third-order valence-electron chi connectivity index (χ3n) is 17.3. The summed E-state index contributed by atoms with van der Waals surface area (Å²) in [7, 11) is -9.91. The average Bonchev–Trinajstić information content (AvgIpc) is 2.02. The van der Waals surface area contributed by atoms with Crippen LogP contribution in [0.2, 0.25) is 0 Å². The van der Waals surface area contributed by atoms with Crippen molar-refractivity contribution in [2.75, 3.05) is 39.6 Å². The minimum atomic E-state index is -4.96. The van der Waals surface area contributed by atoms with Gasteiger partial charge in [-0.15, -0.1) is 0 Å². The van der Waals surface area contributed by atoms with Crippen LogP contribution in [0, 0.1) is 23.7 Å². The van der Waals surface area contributed by atoms with Gasteiger partial charge in [0.05, 0.1) is 26.4 Å². The summed E-state index contributed by atoms with van der Waals surface area (Å²) < 4.78 is 68.4. The van der Waals surface area contributed by atoms with E-state index in [2.05, 4.69) is 55.4 Å². The number of carbonyl (C=O) groups is 4. The number of unbranched alkanes of at least 4 members (excludes halogenated alkanes) is 38. The summed E-state index contributed by atoms with van der Waals surface area (Å²) >= 11 is 0. The molecule has 0 aliphatic carbocycles. The summed E-state index contributed by atoms with van der Waals surface area (Å²) in [4.78, 5) is 72.7. The van der Waals surface area contributed by atoms with Gasteiger partial charge in [-0.25, -0.2) is 9.13 Å². The summed E-state index contributed by atoms with van der Waals surface area (Å²) in [5.41, 5.74) is 0. The van der Waals surface area contributed by atoms with Crippen molar-refractivity contribution in [1.82, 2.24) is 0 Å². The molecule has 558 valence electrons. The Bertz CT molecular complexity index is 1850. The molecule has 3 N–H and O–H groups in total. The van der Waals surface area contributed by atoms with Gasteiger partial charge >= 0.3 is 39.5 Å². The quantitative estimate of drug-likeness (QED) is 0.0222. The second-order valence-electron chi connectivity index (χ2n) is 28.9. The van der Waals surface area contributed by atoms with E-state index < -0.39 is 97.5 Å². The normalized spacial score (nSPS) is 14.2. The Balaban J connectivity index is 5.17. The van der Waals surface area contributed by atoms with Crippen LogP contribution >= 0.6 is 15.6 Å². The molecule has 0 bridgehead atoms. The second kappa shape index (κ2) is 64.4. The van der Waals surface area contributed by atoms with Crippen molar-refractivity contribution < 1.29 is 80.2 Å². The Morgan fingerprint density at radius 3 is 0.660 bits per heavy atom. The molecule has 0 rings (SSSR count). The number of phosphoric acid groups is 2. The SMILES string of the molecule is CC(C)CCCCCCCCCCCCCCCCCCCCC(=O)O[C@H](COC(=O)CCCCCCCCCC(C)C)COP(=O)(O)OCC(O)COP(=O)(O)OC[C@@H](COC(=O)CCCCCCCCC(C)C)OC(=O)CCCCCCCCCCCCCC(C)C. The number of esters is 4. The third-order valence-corrected chi connectivity index (χ3v) is 19.2. The van der Waals surface area contributed by atoms with Crippen molar-refractivity contribution in [3.8, 4) is 0 Å². The lowest BCUT2D eigenvalue weighted by atomic mass is 10.0. The fourth-order valence-electron chi connectivity index (χ4n) is 11.4. The van der Waals surface area contributed by atoms with E-state index in [1.54, 1.807) is 0 Å². The standard InChI is InChI=1S/C75H146O17P2/c1-65(2)51-43-35-27-22-18-15-13-11-9-10-12-14-16-20-24-30-41-49-57-74(79)91-70(61-85-72(77)55-47-39-32-26-29-37-45-53-67(5)6)63-89-93(81,82)87-59-69(76)60-88-94(83,84)90-64-71(62-86-73(78)56-48-40-34-33-38-46-54-68(7)8)92-75(80)58-50-42-31-25-21-17-19-23-28-36-44-52-66(3)4/h65-71,76H,9-64H2,1-8H3,(H,81,82)(H,83,84)/t69?,70-,71-/m1/s1. The Kier molecular flexibility index (Phi) is 63.1. The molecule has 17 nitrogen and oxygen atoms in total. The zero-order valence-electron chi connectivity index (χ0n) is 61.6. The lowest BCUT2D eigenvalue weighted by Gasteiger charge is -2.21. The molecule has 0 aromatic rings. The number of rotatable bonds is 72. The van der Waals surface area contributed by atoms with Gasteiger partial charge in [0.15, 0.2) is 12.2 Å². The van der Waals surface area contributed by atoms with Gasteiger partial charge in [0, 0.05) is 25.7 Å². The molecule has 0 aromatic carbocycles. The summed E-state index contributed by atoms with van der Waals surface area (Å²) in [5, 5.41) is 10.6. The lowest BCUT2D eigenvalue weighted by Crippen LogP contribution is -2.30. The predicted molar refractivity (Wildman–Crippen MR) is 381 cm³/mol. The van der Waals surface area contributed by atoms with Crippen molar-refractivity contribution >= 4 is 39.5 Å². The molecule has 5 atom stereocenters. The molecule has 0 aliphatic rings. The highest BCUT2D eigenvalue weighted by Gasteiger charge is 2.30. The van der Waals surface area contributed by atoms with Crippen molar-refractivity contribution in [1.29, 1.82) is 0 Å². The van der Waals surface area contributed by atoms with E-state index in [1.165, 1.54) is 167 Å². The van der Waals surface area contributed by atoms with Gasteiger partial charge in [0.1, 0.15) is 19.3 Å². The zero-order chi connectivity index (χ0) is 69.6. The van der Waals surface area contributed by atoms with Crippen molar-refractivity contribution in [2.24, 2.45) is 23.7 Å². The smallest absolute Gasteiger partial charge is 0.462 e. The van der Waals surface area contributed by atoms with Gasteiger partial charge in [0.25, 0.3) is 0 Å². The number of hydrogen-bond donors (Lipinski definition) is 3. The molecule has 0 fully saturated rings. The molecule has 0 radical (unpaired) electrons. The molecule has 3 unspecified atom stereocenters. The van der Waals surface area contributed by atoms with Gasteiger partial charge < -0.3 is 33.8 Å². The van der Waals surface area contributed by atoms with E-state index in [9.17, 15) is 43.2 Å². The first-order valence-electron chi connectivity index (χ1n) is 38.7. The van der Waals surface area contributed by atoms with Crippen LogP contribution in [0.1, 0.15) is 376 Å². The Hall–Kier alpha value is -1.94. The monoisotopic (exact) mass is 1380 g/mol. The Labute approximate surface area is 575 Å². The number of phosphoric ester groups is 2. The molecule has 0 amide bonds. The second-order valence-corrected chi connectivity index (χ2v) is 31.9. The van der Waals surface area contributed by atoms with Gasteiger partial charge in [-0.1, -0.05) is 325 Å². The van der Waals surface area contributed by atoms with E-state index in [1.807, 2.05) is 0 Å². The molecule has 0 aliphatic heterocycles. The number of hydrogen-bond acceptors (Lipinski definition) is 15. The van der Waals surface area contributed by atoms with Crippen molar-refractivity contribution in [3.63, 3.8) is 0 Å². The largest absolute Gasteiger partial charge is 0.472 e. The molecule has 0 heterocycles. The van der Waals surface area contributed by atoms with Crippen molar-refractivity contribution in [3.05, 3.63) is 0 Å². The highest BCUT2D eigenvalue weighted by atomic mass is 31.2. The van der Waals surface area contributed by atoms with Crippen LogP contribution in [0.4, 0.5) is 0 Å². The van der Waals surface area contributed by atoms with Gasteiger partial charge in [-0.2, -0.15) is 0 Å². The number of carbonyl (C=O) groups excluding carboxylic acids is 4. The predicted octanol–water partition coefficient (Wildman–Crippen LogP) is 21.7. The zero-order valence-corrected chi connectivity index (χ0v) is 63.4. The van der Waals surface area contributed by atoms with Crippen LogP contribution in [-0.2, 0) is 65.4 Å². The Morgan fingerprint density at radius 1 is 0.266 bits per heavy atom. The number of aliphatic hydroxyl groups excluding tert-OH is 1. The highest BCUT2D eigenvalue weighted by Crippen LogP contribution is 2.45. The van der Waals surface area contributed by atoms with Crippen molar-refractivity contribution in [2.45, 2.75) is 395 Å². The molecule has 0 saturated carbocycles. The van der Waals surface area contributed by atoms with E-state index >= 15 is 0 Å². The Morgan fingerprint density at radius 2 is 0.447 bits per heavy atom. The minimum Gasteiger partial charge on any atom is -0.462 e. The van der Waals surface area contributed by atoms with Crippen LogP contribution in [-0.4, -0.2) is 96.7 Å². The fraction of sp³-hybridized carbons (Fsp3) is 0.947. The van der Waals surface area contributed by atoms with Crippen LogP contribution in [0.15, 0.2) is 0 Å². The minimum absolute atomic E-state index is 0.105. The maximum absolute atomic E-state index is 13.1. The summed E-state index contributed by atoms with van der Waals surface area (Å²) in [5.74, 6) is 0.844. The lowest BCUT2D eigenvalue weighted by molar-refractivity contribution is -0.161. The van der Waals surface area contributed by atoms with Crippen LogP contribution < -0.4 is 0 Å². The number of ether oxygens (including phenoxy) is 4. The van der Waals surface area contributed by atoms with Gasteiger partial charge in [-0.05, 0) is 49.4 Å². The molecule has 0 saturated heterocycles. The average molecular weight is 1380 g/mol. The fourth-order valence-corrected chi connectivity index (χ4v) is 13.0. The first kappa shape index (κ1) is 92.1. The van der Waals surface area contributed by atoms with E-state index in [0.717, 1.165) is 115 Å². The van der Waals surface area contributed by atoms with Gasteiger partial charge in [0.2, 0.25) is 0 Å². The van der Waals surface area contributed by atoms with Crippen LogP contribution in [0.3, 0.4) is 0 Å². The highest BCUT2D eigenvalue weighted by molar-refractivity contribution is 7.47. The maximum atomic E-state index is 13.1. The molecule has 0 spiro atoms. The summed E-state index contributed by atoms with van der Waals surface area (Å²) in [6.07, 6.45) is 48.9. The topological polar surface area (TPSA) is 237 Å². The maximum Gasteiger partial charge on any atom is 0.472 e. The van der Waals surface area contributed by atoms with Crippen LogP contribution in [0.25, 0.3) is 0 Å². The van der Waals surface area contributed by atoms with E-state index in [0.29, 0.717) is 37.5 Å². The first-order chi connectivity index (χ1) is 45.1. The summed E-state index contributed by atoms with van der Waals surface area (Å²) in [6, 6.07) is 0. The third kappa shape index (κ3) is 68.6. The number of aliphatic hydroxyl groups is 1. The van der Waals surface area contributed by atoms with E-state index in [4.69, 9.17) is 37.0 Å². The summed E-state index contributed by atoms with van der Waals surface area (Å²) in [6.45, 7) is 14.1. The van der Waals surface area contributed by atoms with E-state index in [-0.39, 0.29) is 25.7 Å². The molecule has 94 heavy (non-hydrogen) atoms. The molecule has 19 heteroatoms. The first-order valence-corrected chi connectivity index (χ1v) is 41.7. The molecular formula is C75H146O17P2. The molecular weight excluding hydrogens is 1230 g/mol.